The Balaban J connectivity index is 3.43. The topological polar surface area (TPSA) is 26.3 Å². The quantitative estimate of drug-likeness (QED) is 0.471. The number of rotatable bonds is 3. The van der Waals surface area contributed by atoms with Gasteiger partial charge in [-0.3, -0.25) is 4.79 Å². The summed E-state index contributed by atoms with van der Waals surface area (Å²) in [7, 11) is 0. The number of ether oxygens (including phenoxy) is 1. The van der Waals surface area contributed by atoms with E-state index in [1.165, 1.54) is 6.92 Å². The summed E-state index contributed by atoms with van der Waals surface area (Å²) in [5.74, 6) is -0.246. The molecule has 0 aliphatic carbocycles. The lowest BCUT2D eigenvalue weighted by Crippen LogP contribution is -2.15. The number of carbonyl (C=O) groups excluding carboxylic acids is 1. The third-order valence-electron chi connectivity index (χ3n) is 1.02. The smallest absolute Gasteiger partial charge is 0.302 e. The third-order valence-corrected chi connectivity index (χ3v) is 1.20. The van der Waals surface area contributed by atoms with Gasteiger partial charge in [-0.15, -0.1) is 11.6 Å². The summed E-state index contributed by atoms with van der Waals surface area (Å²) in [6.07, 6.45) is 0.645. The van der Waals surface area contributed by atoms with Crippen LogP contribution in [0.25, 0.3) is 0 Å². The number of hydrogen-bond acceptors (Lipinski definition) is 2. The van der Waals surface area contributed by atoms with Gasteiger partial charge < -0.3 is 4.74 Å². The fourth-order valence-corrected chi connectivity index (χ4v) is 1.04. The molecule has 0 rings (SSSR count). The number of carbonyl (C=O) groups is 1. The van der Waals surface area contributed by atoms with Crippen LogP contribution in [-0.2, 0) is 9.53 Å². The zero-order chi connectivity index (χ0) is 8.15. The molecular formula is C7H13ClO2. The first-order valence-corrected chi connectivity index (χ1v) is 3.77. The number of esters is 1. The summed E-state index contributed by atoms with van der Waals surface area (Å²) < 4.78 is 4.84. The SMILES string of the molecule is CC(=O)OC(C)CC(C)Cl. The Labute approximate surface area is 66.5 Å². The van der Waals surface area contributed by atoms with Crippen LogP contribution in [0.3, 0.4) is 0 Å². The highest BCUT2D eigenvalue weighted by Crippen LogP contribution is 2.06. The standard InChI is InChI=1S/C7H13ClO2/c1-5(8)4-6(2)10-7(3)9/h5-6H,4H2,1-3H3. The molecule has 0 N–H and O–H groups in total. The average molecular weight is 165 g/mol. The normalized spacial score (nSPS) is 16.0. The van der Waals surface area contributed by atoms with Crippen LogP contribution >= 0.6 is 11.6 Å². The molecule has 0 bridgehead atoms. The van der Waals surface area contributed by atoms with E-state index >= 15 is 0 Å². The maximum atomic E-state index is 10.4. The molecule has 3 heteroatoms. The van der Waals surface area contributed by atoms with Crippen molar-refractivity contribution in [3.63, 3.8) is 0 Å². The first-order chi connectivity index (χ1) is 4.52. The second kappa shape index (κ2) is 4.56. The Morgan fingerprint density at radius 3 is 2.40 bits per heavy atom. The molecule has 0 radical (unpaired) electrons. The van der Waals surface area contributed by atoms with Gasteiger partial charge in [0.1, 0.15) is 6.10 Å². The fraction of sp³-hybridized carbons (Fsp3) is 0.857. The molecule has 2 nitrogen and oxygen atoms in total. The molecule has 0 aliphatic heterocycles. The molecular weight excluding hydrogens is 152 g/mol. The van der Waals surface area contributed by atoms with E-state index in [0.717, 1.165) is 0 Å². The Hall–Kier alpha value is -0.240. The Kier molecular flexibility index (Phi) is 4.45. The van der Waals surface area contributed by atoms with Crippen LogP contribution in [0.1, 0.15) is 27.2 Å². The van der Waals surface area contributed by atoms with Gasteiger partial charge in [-0.25, -0.2) is 0 Å². The van der Waals surface area contributed by atoms with Crippen LogP contribution in [-0.4, -0.2) is 17.5 Å². The van der Waals surface area contributed by atoms with E-state index in [4.69, 9.17) is 16.3 Å². The van der Waals surface area contributed by atoms with E-state index in [0.29, 0.717) is 6.42 Å². The van der Waals surface area contributed by atoms with Crippen molar-refractivity contribution in [3.05, 3.63) is 0 Å². The van der Waals surface area contributed by atoms with E-state index in [1.54, 1.807) is 0 Å². The fourth-order valence-electron chi connectivity index (χ4n) is 0.789. The second-order valence-electron chi connectivity index (χ2n) is 2.44. The van der Waals surface area contributed by atoms with Crippen LogP contribution < -0.4 is 0 Å². The molecule has 0 aromatic carbocycles. The molecule has 0 aliphatic rings. The van der Waals surface area contributed by atoms with E-state index in [1.807, 2.05) is 13.8 Å². The van der Waals surface area contributed by atoms with E-state index in [-0.39, 0.29) is 17.5 Å². The lowest BCUT2D eigenvalue weighted by Gasteiger charge is -2.11. The van der Waals surface area contributed by atoms with E-state index < -0.39 is 0 Å². The van der Waals surface area contributed by atoms with Crippen molar-refractivity contribution in [1.82, 2.24) is 0 Å². The molecule has 0 saturated carbocycles. The minimum Gasteiger partial charge on any atom is -0.463 e. The van der Waals surface area contributed by atoms with Crippen LogP contribution in [0.15, 0.2) is 0 Å². The van der Waals surface area contributed by atoms with Gasteiger partial charge >= 0.3 is 5.97 Å². The van der Waals surface area contributed by atoms with E-state index in [9.17, 15) is 4.79 Å². The molecule has 0 amide bonds. The van der Waals surface area contributed by atoms with Crippen molar-refractivity contribution in [2.24, 2.45) is 0 Å². The number of hydrogen-bond donors (Lipinski definition) is 0. The highest BCUT2D eigenvalue weighted by atomic mass is 35.5. The predicted octanol–water partition coefficient (Wildman–Crippen LogP) is 1.96. The van der Waals surface area contributed by atoms with Crippen molar-refractivity contribution >= 4 is 17.6 Å². The molecule has 60 valence electrons. The van der Waals surface area contributed by atoms with Crippen LogP contribution in [0, 0.1) is 0 Å². The van der Waals surface area contributed by atoms with E-state index in [2.05, 4.69) is 0 Å². The Morgan fingerprint density at radius 2 is 2.10 bits per heavy atom. The van der Waals surface area contributed by atoms with Crippen molar-refractivity contribution in [1.29, 1.82) is 0 Å². The molecule has 0 saturated heterocycles. The maximum Gasteiger partial charge on any atom is 0.302 e. The second-order valence-corrected chi connectivity index (χ2v) is 3.18. The van der Waals surface area contributed by atoms with Gasteiger partial charge in [-0.2, -0.15) is 0 Å². The van der Waals surface area contributed by atoms with Gasteiger partial charge in [0, 0.05) is 18.7 Å². The summed E-state index contributed by atoms with van der Waals surface area (Å²) in [6.45, 7) is 5.11. The molecule has 2 atom stereocenters. The summed E-state index contributed by atoms with van der Waals surface area (Å²) >= 11 is 5.66. The predicted molar refractivity (Wildman–Crippen MR) is 41.2 cm³/mol. The Morgan fingerprint density at radius 1 is 1.60 bits per heavy atom. The van der Waals surface area contributed by atoms with Gasteiger partial charge in [0.2, 0.25) is 0 Å². The first-order valence-electron chi connectivity index (χ1n) is 3.33. The maximum absolute atomic E-state index is 10.4. The largest absolute Gasteiger partial charge is 0.463 e. The van der Waals surface area contributed by atoms with Crippen LogP contribution in [0.5, 0.6) is 0 Å². The molecule has 0 aromatic heterocycles. The minimum absolute atomic E-state index is 0.0642. The number of alkyl halides is 1. The van der Waals surface area contributed by atoms with Crippen molar-refractivity contribution in [2.45, 2.75) is 38.7 Å². The van der Waals surface area contributed by atoms with Crippen molar-refractivity contribution < 1.29 is 9.53 Å². The van der Waals surface area contributed by atoms with Gasteiger partial charge in [-0.1, -0.05) is 0 Å². The van der Waals surface area contributed by atoms with Gasteiger partial charge in [0.15, 0.2) is 0 Å². The van der Waals surface area contributed by atoms with Crippen molar-refractivity contribution in [2.75, 3.05) is 0 Å². The highest BCUT2D eigenvalue weighted by molar-refractivity contribution is 6.20. The minimum atomic E-state index is -0.246. The molecule has 2 unspecified atom stereocenters. The molecule has 0 spiro atoms. The Bertz CT molecular complexity index is 112. The zero-order valence-electron chi connectivity index (χ0n) is 6.56. The number of halogens is 1. The average Bonchev–Trinajstić information content (AvgIpc) is 1.58. The monoisotopic (exact) mass is 164 g/mol. The third kappa shape index (κ3) is 5.89. The van der Waals surface area contributed by atoms with Crippen LogP contribution in [0.4, 0.5) is 0 Å². The summed E-state index contributed by atoms with van der Waals surface area (Å²) in [6, 6.07) is 0. The van der Waals surface area contributed by atoms with Gasteiger partial charge in [0.05, 0.1) is 0 Å². The molecule has 0 aromatic rings. The molecule has 0 fully saturated rings. The molecule has 0 heterocycles. The van der Waals surface area contributed by atoms with Gasteiger partial charge in [0.25, 0.3) is 0 Å². The summed E-state index contributed by atoms with van der Waals surface area (Å²) in [4.78, 5) is 10.4. The van der Waals surface area contributed by atoms with Crippen LogP contribution in [0.2, 0.25) is 0 Å². The highest BCUT2D eigenvalue weighted by Gasteiger charge is 2.07. The summed E-state index contributed by atoms with van der Waals surface area (Å²) in [5, 5.41) is 0.0642. The first kappa shape index (κ1) is 9.76. The van der Waals surface area contributed by atoms with Gasteiger partial charge in [-0.05, 0) is 13.8 Å². The summed E-state index contributed by atoms with van der Waals surface area (Å²) in [5.41, 5.74) is 0. The lowest BCUT2D eigenvalue weighted by atomic mass is 10.2. The van der Waals surface area contributed by atoms with Crippen molar-refractivity contribution in [3.8, 4) is 0 Å². The zero-order valence-corrected chi connectivity index (χ0v) is 7.31. The lowest BCUT2D eigenvalue weighted by molar-refractivity contribution is -0.145. The molecule has 10 heavy (non-hydrogen) atoms.